The zero-order valence-electron chi connectivity index (χ0n) is 5.64. The topological polar surface area (TPSA) is 17.1 Å². The molecule has 0 bridgehead atoms. The van der Waals surface area contributed by atoms with Crippen molar-refractivity contribution in [3.05, 3.63) is 21.3 Å². The first-order valence-electron chi connectivity index (χ1n) is 3.08. The van der Waals surface area contributed by atoms with Gasteiger partial charge in [-0.2, -0.15) is 0 Å². The number of rotatable bonds is 3. The van der Waals surface area contributed by atoms with Gasteiger partial charge in [-0.05, 0) is 11.4 Å². The van der Waals surface area contributed by atoms with Crippen LogP contribution in [0.1, 0.15) is 16.1 Å². The Morgan fingerprint density at radius 1 is 1.64 bits per heavy atom. The second-order valence-electron chi connectivity index (χ2n) is 1.96. The van der Waals surface area contributed by atoms with Crippen LogP contribution in [-0.4, -0.2) is 11.7 Å². The fraction of sp³-hybridized carbons (Fsp3) is 0.286. The molecule has 0 atom stereocenters. The summed E-state index contributed by atoms with van der Waals surface area (Å²) in [7, 11) is 0. The molecule has 0 fully saturated rings. The molecule has 0 aromatic carbocycles. The number of hydrogen-bond acceptors (Lipinski definition) is 2. The minimum Gasteiger partial charge on any atom is -0.293 e. The average Bonchev–Trinajstić information content (AvgIpc) is 2.36. The van der Waals surface area contributed by atoms with E-state index in [-0.39, 0.29) is 5.78 Å². The summed E-state index contributed by atoms with van der Waals surface area (Å²) < 4.78 is 0. The van der Waals surface area contributed by atoms with Gasteiger partial charge >= 0.3 is 0 Å². The monoisotopic (exact) mass is 208 g/mol. The van der Waals surface area contributed by atoms with E-state index in [1.54, 1.807) is 11.4 Å². The molecule has 0 aliphatic heterocycles. The quantitative estimate of drug-likeness (QED) is 0.551. The summed E-state index contributed by atoms with van der Waals surface area (Å²) >= 11 is 12.5. The number of hydrogen-bond donors (Lipinski definition) is 0. The Balaban J connectivity index is 2.76. The molecule has 1 aromatic heterocycles. The SMILES string of the molecule is O=C(CCCl)c1sccc1Cl. The Labute approximate surface area is 78.9 Å². The summed E-state index contributed by atoms with van der Waals surface area (Å²) in [6.45, 7) is 0. The van der Waals surface area contributed by atoms with Gasteiger partial charge in [0.25, 0.3) is 0 Å². The normalized spacial score (nSPS) is 10.0. The molecule has 1 heterocycles. The Morgan fingerprint density at radius 2 is 2.36 bits per heavy atom. The first-order valence-corrected chi connectivity index (χ1v) is 4.87. The van der Waals surface area contributed by atoms with Gasteiger partial charge in [-0.3, -0.25) is 4.79 Å². The second-order valence-corrected chi connectivity index (χ2v) is 3.66. The van der Waals surface area contributed by atoms with Crippen molar-refractivity contribution in [2.75, 3.05) is 5.88 Å². The van der Waals surface area contributed by atoms with E-state index in [0.717, 1.165) is 0 Å². The number of thiophene rings is 1. The molecule has 0 N–H and O–H groups in total. The van der Waals surface area contributed by atoms with Gasteiger partial charge in [-0.1, -0.05) is 11.6 Å². The lowest BCUT2D eigenvalue weighted by atomic mass is 10.2. The van der Waals surface area contributed by atoms with Crippen LogP contribution < -0.4 is 0 Å². The van der Waals surface area contributed by atoms with E-state index in [4.69, 9.17) is 23.2 Å². The molecule has 60 valence electrons. The highest BCUT2D eigenvalue weighted by atomic mass is 35.5. The third-order valence-corrected chi connectivity index (χ3v) is 2.76. The van der Waals surface area contributed by atoms with Gasteiger partial charge in [-0.25, -0.2) is 0 Å². The molecule has 0 aliphatic rings. The maximum absolute atomic E-state index is 11.2. The lowest BCUT2D eigenvalue weighted by molar-refractivity contribution is 0.0993. The van der Waals surface area contributed by atoms with E-state index in [0.29, 0.717) is 22.2 Å². The molecular weight excluding hydrogens is 203 g/mol. The van der Waals surface area contributed by atoms with E-state index >= 15 is 0 Å². The predicted molar refractivity (Wildman–Crippen MR) is 49.0 cm³/mol. The average molecular weight is 209 g/mol. The molecule has 0 aliphatic carbocycles. The Hall–Kier alpha value is -0.0500. The van der Waals surface area contributed by atoms with Crippen molar-refractivity contribution < 1.29 is 4.79 Å². The van der Waals surface area contributed by atoms with Gasteiger partial charge in [0.15, 0.2) is 5.78 Å². The molecule has 1 nitrogen and oxygen atoms in total. The van der Waals surface area contributed by atoms with Crippen LogP contribution in [0.2, 0.25) is 5.02 Å². The maximum atomic E-state index is 11.2. The van der Waals surface area contributed by atoms with Crippen LogP contribution in [0.5, 0.6) is 0 Å². The minimum atomic E-state index is 0.0278. The van der Waals surface area contributed by atoms with Crippen molar-refractivity contribution in [2.45, 2.75) is 6.42 Å². The van der Waals surface area contributed by atoms with E-state index in [1.807, 2.05) is 0 Å². The van der Waals surface area contributed by atoms with Crippen LogP contribution in [0.3, 0.4) is 0 Å². The first-order chi connectivity index (χ1) is 5.25. The number of halogens is 2. The second kappa shape index (κ2) is 4.10. The number of carbonyl (C=O) groups is 1. The molecular formula is C7H6Cl2OS. The van der Waals surface area contributed by atoms with Crippen molar-refractivity contribution in [1.29, 1.82) is 0 Å². The van der Waals surface area contributed by atoms with E-state index in [1.165, 1.54) is 11.3 Å². The molecule has 0 radical (unpaired) electrons. The summed E-state index contributed by atoms with van der Waals surface area (Å²) in [5.74, 6) is 0.382. The summed E-state index contributed by atoms with van der Waals surface area (Å²) in [5, 5.41) is 2.33. The third-order valence-electron chi connectivity index (χ3n) is 1.19. The van der Waals surface area contributed by atoms with Crippen molar-refractivity contribution in [1.82, 2.24) is 0 Å². The van der Waals surface area contributed by atoms with Crippen LogP contribution in [0.15, 0.2) is 11.4 Å². The van der Waals surface area contributed by atoms with Gasteiger partial charge in [0.2, 0.25) is 0 Å². The summed E-state index contributed by atoms with van der Waals surface area (Å²) in [6, 6.07) is 1.72. The number of alkyl halides is 1. The van der Waals surface area contributed by atoms with Crippen molar-refractivity contribution in [2.24, 2.45) is 0 Å². The zero-order chi connectivity index (χ0) is 8.27. The predicted octanol–water partition coefficient (Wildman–Crippen LogP) is 3.21. The standard InChI is InChI=1S/C7H6Cl2OS/c8-3-1-6(10)7-5(9)2-4-11-7/h2,4H,1,3H2. The molecule has 11 heavy (non-hydrogen) atoms. The fourth-order valence-corrected chi connectivity index (χ4v) is 1.99. The van der Waals surface area contributed by atoms with Crippen molar-refractivity contribution in [3.63, 3.8) is 0 Å². The van der Waals surface area contributed by atoms with Gasteiger partial charge < -0.3 is 0 Å². The van der Waals surface area contributed by atoms with Gasteiger partial charge in [0.05, 0.1) is 9.90 Å². The lowest BCUT2D eigenvalue weighted by Crippen LogP contribution is -1.96. The van der Waals surface area contributed by atoms with Gasteiger partial charge in [0, 0.05) is 12.3 Å². The summed E-state index contributed by atoms with van der Waals surface area (Å²) in [5.41, 5.74) is 0. The van der Waals surface area contributed by atoms with Gasteiger partial charge in [-0.15, -0.1) is 22.9 Å². The molecule has 0 spiro atoms. The van der Waals surface area contributed by atoms with Crippen LogP contribution in [0, 0.1) is 0 Å². The van der Waals surface area contributed by atoms with Gasteiger partial charge in [0.1, 0.15) is 0 Å². The Bertz CT molecular complexity index is 257. The van der Waals surface area contributed by atoms with Crippen LogP contribution in [-0.2, 0) is 0 Å². The molecule has 1 aromatic rings. The lowest BCUT2D eigenvalue weighted by Gasteiger charge is -1.92. The fourth-order valence-electron chi connectivity index (χ4n) is 0.692. The van der Waals surface area contributed by atoms with E-state index < -0.39 is 0 Å². The number of carbonyl (C=O) groups excluding carboxylic acids is 1. The molecule has 0 saturated heterocycles. The third kappa shape index (κ3) is 2.19. The maximum Gasteiger partial charge on any atom is 0.175 e. The smallest absolute Gasteiger partial charge is 0.175 e. The van der Waals surface area contributed by atoms with Crippen LogP contribution in [0.4, 0.5) is 0 Å². The van der Waals surface area contributed by atoms with Crippen LogP contribution >= 0.6 is 34.5 Å². The highest BCUT2D eigenvalue weighted by Crippen LogP contribution is 2.23. The van der Waals surface area contributed by atoms with E-state index in [2.05, 4.69) is 0 Å². The molecule has 0 unspecified atom stereocenters. The Morgan fingerprint density at radius 3 is 2.82 bits per heavy atom. The molecule has 4 heteroatoms. The number of ketones is 1. The van der Waals surface area contributed by atoms with Crippen LogP contribution in [0.25, 0.3) is 0 Å². The largest absolute Gasteiger partial charge is 0.293 e. The highest BCUT2D eigenvalue weighted by molar-refractivity contribution is 7.12. The minimum absolute atomic E-state index is 0.0278. The Kier molecular flexibility index (Phi) is 3.37. The zero-order valence-corrected chi connectivity index (χ0v) is 7.97. The molecule has 0 amide bonds. The highest BCUT2D eigenvalue weighted by Gasteiger charge is 2.10. The summed E-state index contributed by atoms with van der Waals surface area (Å²) in [4.78, 5) is 11.8. The molecule has 1 rings (SSSR count). The molecule has 0 saturated carbocycles. The first kappa shape index (κ1) is 9.04. The summed E-state index contributed by atoms with van der Waals surface area (Å²) in [6.07, 6.45) is 0.363. The van der Waals surface area contributed by atoms with Crippen molar-refractivity contribution >= 4 is 40.3 Å². The van der Waals surface area contributed by atoms with Crippen molar-refractivity contribution in [3.8, 4) is 0 Å². The van der Waals surface area contributed by atoms with E-state index in [9.17, 15) is 4.79 Å². The number of Topliss-reactive ketones (excluding diaryl/α,β-unsaturated/α-hetero) is 1.